The Balaban J connectivity index is 2.37. The predicted molar refractivity (Wildman–Crippen MR) is 75.4 cm³/mol. The fourth-order valence-electron chi connectivity index (χ4n) is 1.66. The first-order valence-corrected chi connectivity index (χ1v) is 6.83. The Morgan fingerprint density at radius 3 is 2.39 bits per heavy atom. The van der Waals surface area contributed by atoms with Crippen LogP contribution in [0.15, 0.2) is 24.3 Å². The molecule has 0 aliphatic heterocycles. The quantitative estimate of drug-likeness (QED) is 0.684. The third-order valence-corrected chi connectivity index (χ3v) is 2.59. The van der Waals surface area contributed by atoms with Crippen molar-refractivity contribution >= 4 is 0 Å². The van der Waals surface area contributed by atoms with Crippen LogP contribution in [0.2, 0.25) is 0 Å². The molecule has 0 saturated carbocycles. The lowest BCUT2D eigenvalue weighted by Crippen LogP contribution is -2.25. The van der Waals surface area contributed by atoms with Gasteiger partial charge in [0.25, 0.3) is 0 Å². The van der Waals surface area contributed by atoms with Gasteiger partial charge in [-0.3, -0.25) is 0 Å². The van der Waals surface area contributed by atoms with Crippen LogP contribution in [0.4, 0.5) is 0 Å². The maximum atomic E-state index is 5.82. The summed E-state index contributed by atoms with van der Waals surface area (Å²) in [6.45, 7) is 9.77. The zero-order chi connectivity index (χ0) is 13.2. The molecule has 0 radical (unpaired) electrons. The first kappa shape index (κ1) is 14.8. The van der Waals surface area contributed by atoms with Crippen molar-refractivity contribution in [2.45, 2.75) is 27.2 Å². The molecular weight excluding hydrogens is 226 g/mol. The number of hydrogen-bond donors (Lipinski definition) is 1. The molecule has 0 bridgehead atoms. The fraction of sp³-hybridized carbons (Fsp3) is 0.600. The number of hydrogen-bond acceptors (Lipinski definition) is 3. The van der Waals surface area contributed by atoms with Gasteiger partial charge in [0.05, 0.1) is 13.2 Å². The van der Waals surface area contributed by atoms with E-state index in [1.807, 2.05) is 31.2 Å². The van der Waals surface area contributed by atoms with E-state index in [4.69, 9.17) is 9.47 Å². The van der Waals surface area contributed by atoms with Crippen molar-refractivity contribution in [3.05, 3.63) is 24.3 Å². The van der Waals surface area contributed by atoms with E-state index < -0.39 is 0 Å². The molecule has 0 aliphatic rings. The molecule has 18 heavy (non-hydrogen) atoms. The lowest BCUT2D eigenvalue weighted by atomic mass is 10.2. The van der Waals surface area contributed by atoms with Crippen LogP contribution >= 0.6 is 0 Å². The minimum absolute atomic E-state index is 0.492. The second kappa shape index (κ2) is 8.81. The van der Waals surface area contributed by atoms with Crippen LogP contribution in [-0.4, -0.2) is 26.3 Å². The van der Waals surface area contributed by atoms with Gasteiger partial charge in [-0.15, -0.1) is 0 Å². The molecule has 0 spiro atoms. The zero-order valence-corrected chi connectivity index (χ0v) is 11.7. The molecular formula is C15H25NO2. The Morgan fingerprint density at radius 2 is 1.78 bits per heavy atom. The van der Waals surface area contributed by atoms with Crippen molar-refractivity contribution < 1.29 is 9.47 Å². The minimum atomic E-state index is 0.492. The predicted octanol–water partition coefficient (Wildman–Crippen LogP) is 3.10. The van der Waals surface area contributed by atoms with E-state index in [1.165, 1.54) is 6.42 Å². The highest BCUT2D eigenvalue weighted by Gasteiger charge is 2.06. The maximum Gasteiger partial charge on any atom is 0.161 e. The first-order valence-electron chi connectivity index (χ1n) is 6.83. The summed E-state index contributed by atoms with van der Waals surface area (Å²) in [5, 5.41) is 3.40. The van der Waals surface area contributed by atoms with Gasteiger partial charge < -0.3 is 14.8 Å². The zero-order valence-electron chi connectivity index (χ0n) is 11.7. The van der Waals surface area contributed by atoms with Crippen molar-refractivity contribution in [1.29, 1.82) is 0 Å². The highest BCUT2D eigenvalue weighted by atomic mass is 16.5. The standard InChI is InChI=1S/C15H25NO2/c1-4-10-16-11-13(3)12-18-15-9-7-6-8-14(15)17-5-2/h6-9,13,16H,4-5,10-12H2,1-3H3. The highest BCUT2D eigenvalue weighted by Crippen LogP contribution is 2.26. The SMILES string of the molecule is CCCNCC(C)COc1ccccc1OCC. The summed E-state index contributed by atoms with van der Waals surface area (Å²) in [6.07, 6.45) is 1.17. The summed E-state index contributed by atoms with van der Waals surface area (Å²) in [6, 6.07) is 7.83. The molecule has 0 aliphatic carbocycles. The van der Waals surface area contributed by atoms with Gasteiger partial charge >= 0.3 is 0 Å². The van der Waals surface area contributed by atoms with Gasteiger partial charge in [0.15, 0.2) is 11.5 Å². The molecule has 1 unspecified atom stereocenters. The topological polar surface area (TPSA) is 30.5 Å². The number of nitrogens with one attached hydrogen (secondary N) is 1. The molecule has 0 fully saturated rings. The normalized spacial score (nSPS) is 12.2. The van der Waals surface area contributed by atoms with Crippen LogP contribution in [0, 0.1) is 5.92 Å². The third-order valence-electron chi connectivity index (χ3n) is 2.59. The molecule has 3 heteroatoms. The summed E-state index contributed by atoms with van der Waals surface area (Å²) in [7, 11) is 0. The molecule has 1 aromatic rings. The van der Waals surface area contributed by atoms with Gasteiger partial charge in [-0.05, 0) is 32.0 Å². The highest BCUT2D eigenvalue weighted by molar-refractivity contribution is 5.39. The monoisotopic (exact) mass is 251 g/mol. The second-order valence-corrected chi connectivity index (χ2v) is 4.50. The maximum absolute atomic E-state index is 5.82. The molecule has 1 N–H and O–H groups in total. The van der Waals surface area contributed by atoms with Crippen molar-refractivity contribution in [1.82, 2.24) is 5.32 Å². The van der Waals surface area contributed by atoms with Crippen molar-refractivity contribution in [2.24, 2.45) is 5.92 Å². The van der Waals surface area contributed by atoms with Gasteiger partial charge in [0.2, 0.25) is 0 Å². The number of ether oxygens (including phenoxy) is 2. The Hall–Kier alpha value is -1.22. The van der Waals surface area contributed by atoms with Crippen molar-refractivity contribution in [2.75, 3.05) is 26.3 Å². The number of benzene rings is 1. The summed E-state index contributed by atoms with van der Waals surface area (Å²) in [4.78, 5) is 0. The van der Waals surface area contributed by atoms with E-state index in [2.05, 4.69) is 19.2 Å². The molecule has 0 aromatic heterocycles. The van der Waals surface area contributed by atoms with Crippen LogP contribution in [0.5, 0.6) is 11.5 Å². The van der Waals surface area contributed by atoms with E-state index in [0.717, 1.165) is 24.6 Å². The van der Waals surface area contributed by atoms with E-state index in [1.54, 1.807) is 0 Å². The number of para-hydroxylation sites is 2. The first-order chi connectivity index (χ1) is 8.77. The Morgan fingerprint density at radius 1 is 1.11 bits per heavy atom. The lowest BCUT2D eigenvalue weighted by molar-refractivity contribution is 0.237. The van der Waals surface area contributed by atoms with Crippen LogP contribution in [0.25, 0.3) is 0 Å². The summed E-state index contributed by atoms with van der Waals surface area (Å²) in [5.41, 5.74) is 0. The van der Waals surface area contributed by atoms with Crippen molar-refractivity contribution in [3.8, 4) is 11.5 Å². The van der Waals surface area contributed by atoms with Crippen LogP contribution < -0.4 is 14.8 Å². The molecule has 0 amide bonds. The molecule has 1 atom stereocenters. The number of rotatable bonds is 9. The average molecular weight is 251 g/mol. The summed E-state index contributed by atoms with van der Waals surface area (Å²) >= 11 is 0. The molecule has 0 heterocycles. The van der Waals surface area contributed by atoms with Crippen LogP contribution in [0.3, 0.4) is 0 Å². The van der Waals surface area contributed by atoms with Gasteiger partial charge in [-0.2, -0.15) is 0 Å². The summed E-state index contributed by atoms with van der Waals surface area (Å²) < 4.78 is 11.3. The Labute approximate surface area is 110 Å². The molecule has 1 rings (SSSR count). The van der Waals surface area contributed by atoms with E-state index in [9.17, 15) is 0 Å². The van der Waals surface area contributed by atoms with Crippen molar-refractivity contribution in [3.63, 3.8) is 0 Å². The molecule has 102 valence electrons. The molecule has 1 aromatic carbocycles. The average Bonchev–Trinajstić information content (AvgIpc) is 2.38. The van der Waals surface area contributed by atoms with Crippen LogP contribution in [-0.2, 0) is 0 Å². The summed E-state index contributed by atoms with van der Waals surface area (Å²) in [5.74, 6) is 2.15. The molecule has 0 saturated heterocycles. The lowest BCUT2D eigenvalue weighted by Gasteiger charge is -2.15. The minimum Gasteiger partial charge on any atom is -0.490 e. The third kappa shape index (κ3) is 5.41. The van der Waals surface area contributed by atoms with E-state index >= 15 is 0 Å². The Bertz CT molecular complexity index is 328. The largest absolute Gasteiger partial charge is 0.490 e. The smallest absolute Gasteiger partial charge is 0.161 e. The van der Waals surface area contributed by atoms with Crippen LogP contribution in [0.1, 0.15) is 27.2 Å². The van der Waals surface area contributed by atoms with Gasteiger partial charge in [-0.25, -0.2) is 0 Å². The molecule has 3 nitrogen and oxygen atoms in total. The Kier molecular flexibility index (Phi) is 7.26. The van der Waals surface area contributed by atoms with E-state index in [-0.39, 0.29) is 0 Å². The van der Waals surface area contributed by atoms with Gasteiger partial charge in [0.1, 0.15) is 0 Å². The van der Waals surface area contributed by atoms with E-state index in [0.29, 0.717) is 19.1 Å². The second-order valence-electron chi connectivity index (χ2n) is 4.50. The van der Waals surface area contributed by atoms with Gasteiger partial charge in [-0.1, -0.05) is 26.0 Å². The van der Waals surface area contributed by atoms with Gasteiger partial charge in [0, 0.05) is 12.5 Å². The fourth-order valence-corrected chi connectivity index (χ4v) is 1.66.